The zero-order chi connectivity index (χ0) is 23.4. The maximum absolute atomic E-state index is 13.0. The molecule has 1 aromatic heterocycles. The summed E-state index contributed by atoms with van der Waals surface area (Å²) in [5.41, 5.74) is 1.80. The average Bonchev–Trinajstić information content (AvgIpc) is 3.28. The van der Waals surface area contributed by atoms with Gasteiger partial charge in [-0.15, -0.1) is 0 Å². The molecule has 7 nitrogen and oxygen atoms in total. The van der Waals surface area contributed by atoms with Gasteiger partial charge < -0.3 is 9.88 Å². The molecule has 1 N–H and O–H groups in total. The van der Waals surface area contributed by atoms with Crippen LogP contribution in [0.2, 0.25) is 0 Å². The van der Waals surface area contributed by atoms with Crippen LogP contribution >= 0.6 is 0 Å². The van der Waals surface area contributed by atoms with Crippen molar-refractivity contribution in [3.05, 3.63) is 114 Å². The quantitative estimate of drug-likeness (QED) is 0.455. The van der Waals surface area contributed by atoms with Crippen molar-refractivity contribution in [3.8, 4) is 0 Å². The number of rotatable bonds is 7. The molecule has 0 aliphatic heterocycles. The van der Waals surface area contributed by atoms with Gasteiger partial charge in [-0.2, -0.15) is 0 Å². The zero-order valence-electron chi connectivity index (χ0n) is 18.3. The smallest absolute Gasteiger partial charge is 0.264 e. The number of carbonyl (C=O) groups is 1. The van der Waals surface area contributed by atoms with Gasteiger partial charge in [0.1, 0.15) is 11.9 Å². The maximum atomic E-state index is 13.0. The summed E-state index contributed by atoms with van der Waals surface area (Å²) in [6.07, 6.45) is 3.50. The highest BCUT2D eigenvalue weighted by atomic mass is 32.2. The van der Waals surface area contributed by atoms with E-state index in [1.165, 1.54) is 35.6 Å². The number of hydrogen-bond acceptors (Lipinski definition) is 4. The summed E-state index contributed by atoms with van der Waals surface area (Å²) in [6.45, 7) is 0. The molecular weight excluding hydrogens is 436 g/mol. The molecule has 0 saturated heterocycles. The molecule has 0 spiro atoms. The van der Waals surface area contributed by atoms with Gasteiger partial charge in [0.25, 0.3) is 15.9 Å². The first-order valence-corrected chi connectivity index (χ1v) is 11.8. The van der Waals surface area contributed by atoms with Crippen molar-refractivity contribution in [1.82, 2.24) is 14.9 Å². The standard InChI is InChI=1S/C25H24N4O3S/c1-28-18-17-26-24(28)23(19-9-5-3-6-10-19)27-25(30)20-13-15-22(16-14-20)33(31,32)29(2)21-11-7-4-8-12-21/h3-18,23H,1-2H3,(H,27,30)/t23-/m0/s1. The Morgan fingerprint density at radius 2 is 1.55 bits per heavy atom. The van der Waals surface area contributed by atoms with Gasteiger partial charge in [0.15, 0.2) is 0 Å². The first kappa shape index (κ1) is 22.3. The van der Waals surface area contributed by atoms with Crippen molar-refractivity contribution >= 4 is 21.6 Å². The Balaban J connectivity index is 1.57. The van der Waals surface area contributed by atoms with Crippen LogP contribution in [0, 0.1) is 0 Å². The number of nitrogens with zero attached hydrogens (tertiary/aromatic N) is 3. The number of anilines is 1. The minimum Gasteiger partial charge on any atom is -0.338 e. The third-order valence-electron chi connectivity index (χ3n) is 5.42. The minimum absolute atomic E-state index is 0.106. The SMILES string of the molecule is CN(c1ccccc1)S(=O)(=O)c1ccc(C(=O)N[C@@H](c2ccccc2)c2nccn2C)cc1. The second kappa shape index (κ2) is 9.30. The molecule has 0 unspecified atom stereocenters. The number of imidazole rings is 1. The van der Waals surface area contributed by atoms with Crippen molar-refractivity contribution < 1.29 is 13.2 Å². The number of hydrogen-bond donors (Lipinski definition) is 1. The molecule has 4 rings (SSSR count). The summed E-state index contributed by atoms with van der Waals surface area (Å²) in [6, 6.07) is 23.9. The Bertz CT molecular complexity index is 1340. The van der Waals surface area contributed by atoms with Crippen LogP contribution in [0.1, 0.15) is 27.8 Å². The summed E-state index contributed by atoms with van der Waals surface area (Å²) in [7, 11) is -0.382. The van der Waals surface area contributed by atoms with Crippen molar-refractivity contribution in [2.24, 2.45) is 7.05 Å². The lowest BCUT2D eigenvalue weighted by molar-refractivity contribution is 0.0941. The number of nitrogens with one attached hydrogen (secondary N) is 1. The number of para-hydroxylation sites is 1. The predicted molar refractivity (Wildman–Crippen MR) is 127 cm³/mol. The van der Waals surface area contributed by atoms with Crippen LogP contribution in [-0.2, 0) is 17.1 Å². The molecule has 1 heterocycles. The van der Waals surface area contributed by atoms with Gasteiger partial charge in [-0.3, -0.25) is 9.10 Å². The van der Waals surface area contributed by atoms with Gasteiger partial charge in [-0.05, 0) is 42.0 Å². The van der Waals surface area contributed by atoms with Crippen molar-refractivity contribution in [1.29, 1.82) is 0 Å². The molecule has 1 atom stereocenters. The van der Waals surface area contributed by atoms with Crippen molar-refractivity contribution in [2.45, 2.75) is 10.9 Å². The summed E-state index contributed by atoms with van der Waals surface area (Å²) < 4.78 is 29.0. The van der Waals surface area contributed by atoms with E-state index in [0.29, 0.717) is 17.1 Å². The maximum Gasteiger partial charge on any atom is 0.264 e. The molecule has 0 fully saturated rings. The third-order valence-corrected chi connectivity index (χ3v) is 7.22. The minimum atomic E-state index is -3.75. The fraction of sp³-hybridized carbons (Fsp3) is 0.120. The van der Waals surface area contributed by atoms with Crippen LogP contribution < -0.4 is 9.62 Å². The second-order valence-corrected chi connectivity index (χ2v) is 9.52. The highest BCUT2D eigenvalue weighted by Gasteiger charge is 2.23. The fourth-order valence-corrected chi connectivity index (χ4v) is 4.72. The summed E-state index contributed by atoms with van der Waals surface area (Å²) in [5.74, 6) is 0.366. The van der Waals surface area contributed by atoms with E-state index in [1.54, 1.807) is 30.5 Å². The monoisotopic (exact) mass is 460 g/mol. The van der Waals surface area contributed by atoms with Crippen molar-refractivity contribution in [2.75, 3.05) is 11.4 Å². The number of benzene rings is 3. The average molecular weight is 461 g/mol. The lowest BCUT2D eigenvalue weighted by Gasteiger charge is -2.20. The Morgan fingerprint density at radius 3 is 2.12 bits per heavy atom. The topological polar surface area (TPSA) is 84.3 Å². The molecule has 8 heteroatoms. The van der Waals surface area contributed by atoms with Gasteiger partial charge in [0.2, 0.25) is 0 Å². The van der Waals surface area contributed by atoms with Gasteiger partial charge in [-0.1, -0.05) is 48.5 Å². The van der Waals surface area contributed by atoms with E-state index in [4.69, 9.17) is 0 Å². The highest BCUT2D eigenvalue weighted by molar-refractivity contribution is 7.92. The number of aryl methyl sites for hydroxylation is 1. The van der Waals surface area contributed by atoms with Crippen LogP contribution in [0.3, 0.4) is 0 Å². The van der Waals surface area contributed by atoms with E-state index in [1.807, 2.05) is 54.2 Å². The summed E-state index contributed by atoms with van der Waals surface area (Å²) in [5, 5.41) is 3.02. The first-order valence-electron chi connectivity index (χ1n) is 10.3. The van der Waals surface area contributed by atoms with Gasteiger partial charge in [-0.25, -0.2) is 13.4 Å². The first-order chi connectivity index (χ1) is 15.9. The molecule has 1 amide bonds. The lowest BCUT2D eigenvalue weighted by atomic mass is 10.1. The van der Waals surface area contributed by atoms with E-state index < -0.39 is 16.1 Å². The molecule has 0 saturated carbocycles. The van der Waals surface area contributed by atoms with E-state index in [-0.39, 0.29) is 10.8 Å². The highest BCUT2D eigenvalue weighted by Crippen LogP contribution is 2.23. The third kappa shape index (κ3) is 4.65. The molecule has 0 aliphatic carbocycles. The number of aromatic nitrogens is 2. The van der Waals surface area contributed by atoms with E-state index in [2.05, 4.69) is 10.3 Å². The second-order valence-electron chi connectivity index (χ2n) is 7.55. The number of amides is 1. The van der Waals surface area contributed by atoms with Crippen LogP contribution in [-0.4, -0.2) is 30.9 Å². The van der Waals surface area contributed by atoms with E-state index in [9.17, 15) is 13.2 Å². The normalized spacial score (nSPS) is 12.2. The van der Waals surface area contributed by atoms with Crippen molar-refractivity contribution in [3.63, 3.8) is 0 Å². The zero-order valence-corrected chi connectivity index (χ0v) is 19.1. The van der Waals surface area contributed by atoms with Crippen LogP contribution in [0.15, 0.2) is 102 Å². The van der Waals surface area contributed by atoms with Gasteiger partial charge >= 0.3 is 0 Å². The molecule has 168 valence electrons. The van der Waals surface area contributed by atoms with E-state index >= 15 is 0 Å². The van der Waals surface area contributed by atoms with Crippen LogP contribution in [0.25, 0.3) is 0 Å². The number of carbonyl (C=O) groups excluding carboxylic acids is 1. The Kier molecular flexibility index (Phi) is 6.28. The Hall–Kier alpha value is -3.91. The Labute approximate surface area is 193 Å². The van der Waals surface area contributed by atoms with Crippen LogP contribution in [0.4, 0.5) is 5.69 Å². The van der Waals surface area contributed by atoms with Gasteiger partial charge in [0, 0.05) is 32.1 Å². The van der Waals surface area contributed by atoms with E-state index in [0.717, 1.165) is 5.56 Å². The van der Waals surface area contributed by atoms with Crippen LogP contribution in [0.5, 0.6) is 0 Å². The van der Waals surface area contributed by atoms with Gasteiger partial charge in [0.05, 0.1) is 10.6 Å². The molecule has 3 aromatic carbocycles. The molecule has 33 heavy (non-hydrogen) atoms. The Morgan fingerprint density at radius 1 is 0.939 bits per heavy atom. The largest absolute Gasteiger partial charge is 0.338 e. The lowest BCUT2D eigenvalue weighted by Crippen LogP contribution is -2.31. The molecule has 0 radical (unpaired) electrons. The molecule has 4 aromatic rings. The molecule has 0 aliphatic rings. The predicted octanol–water partition coefficient (Wildman–Crippen LogP) is 3.76. The summed E-state index contributed by atoms with van der Waals surface area (Å²) in [4.78, 5) is 17.5. The fourth-order valence-electron chi connectivity index (χ4n) is 3.53. The number of sulfonamides is 1. The summed E-state index contributed by atoms with van der Waals surface area (Å²) >= 11 is 0. The molecular formula is C25H24N4O3S. The molecule has 0 bridgehead atoms.